The van der Waals surface area contributed by atoms with Gasteiger partial charge in [-0.05, 0) is 30.2 Å². The van der Waals surface area contributed by atoms with Gasteiger partial charge in [-0.3, -0.25) is 4.98 Å². The summed E-state index contributed by atoms with van der Waals surface area (Å²) < 4.78 is 0. The Balaban J connectivity index is 2.63. The van der Waals surface area contributed by atoms with Crippen molar-refractivity contribution in [1.29, 1.82) is 0 Å². The van der Waals surface area contributed by atoms with Gasteiger partial charge in [0.2, 0.25) is 0 Å². The third-order valence-corrected chi connectivity index (χ3v) is 2.44. The second kappa shape index (κ2) is 3.66. The maximum Gasteiger partial charge on any atom is 0.0722 e. The Hall–Kier alpha value is -1.57. The summed E-state index contributed by atoms with van der Waals surface area (Å²) in [6, 6.07) is 8.07. The highest BCUT2D eigenvalue weighted by Gasteiger charge is 2.03. The molecule has 0 aliphatic rings. The molecule has 0 fully saturated rings. The Kier molecular flexibility index (Phi) is 2.35. The first kappa shape index (κ1) is 9.00. The highest BCUT2D eigenvalue weighted by atomic mass is 14.7. The monoisotopic (exact) mass is 186 g/mol. The van der Waals surface area contributed by atoms with Crippen LogP contribution in [0.4, 0.5) is 5.69 Å². The third kappa shape index (κ3) is 1.43. The summed E-state index contributed by atoms with van der Waals surface area (Å²) in [6.07, 6.45) is 3.95. The van der Waals surface area contributed by atoms with Gasteiger partial charge in [-0.1, -0.05) is 19.4 Å². The third-order valence-electron chi connectivity index (χ3n) is 2.44. The minimum Gasteiger partial charge on any atom is -0.398 e. The number of anilines is 1. The number of pyridine rings is 1. The van der Waals surface area contributed by atoms with E-state index in [1.807, 2.05) is 18.2 Å². The molecule has 0 bridgehead atoms. The van der Waals surface area contributed by atoms with Crippen molar-refractivity contribution in [1.82, 2.24) is 4.98 Å². The molecule has 0 spiro atoms. The molecule has 72 valence electrons. The molecule has 0 aliphatic carbocycles. The maximum absolute atomic E-state index is 6.07. The quantitative estimate of drug-likeness (QED) is 0.732. The van der Waals surface area contributed by atoms with E-state index >= 15 is 0 Å². The Morgan fingerprint density at radius 2 is 2.14 bits per heavy atom. The molecule has 2 nitrogen and oxygen atoms in total. The molecule has 2 aromatic rings. The van der Waals surface area contributed by atoms with Crippen LogP contribution in [-0.2, 0) is 6.42 Å². The molecule has 1 aromatic heterocycles. The van der Waals surface area contributed by atoms with Crippen LogP contribution in [0.1, 0.15) is 18.9 Å². The van der Waals surface area contributed by atoms with E-state index in [2.05, 4.69) is 18.0 Å². The predicted octanol–water partition coefficient (Wildman–Crippen LogP) is 2.77. The minimum atomic E-state index is 0.887. The number of nitrogens with two attached hydrogens (primary N) is 1. The Morgan fingerprint density at radius 1 is 1.29 bits per heavy atom. The van der Waals surface area contributed by atoms with E-state index in [1.54, 1.807) is 6.20 Å². The van der Waals surface area contributed by atoms with E-state index in [1.165, 1.54) is 5.56 Å². The van der Waals surface area contributed by atoms with Gasteiger partial charge < -0.3 is 5.73 Å². The van der Waals surface area contributed by atoms with Gasteiger partial charge in [0.05, 0.1) is 5.52 Å². The average molecular weight is 186 g/mol. The highest BCUT2D eigenvalue weighted by molar-refractivity contribution is 5.91. The lowest BCUT2D eigenvalue weighted by molar-refractivity contribution is 0.926. The zero-order valence-electron chi connectivity index (χ0n) is 8.33. The lowest BCUT2D eigenvalue weighted by Crippen LogP contribution is -1.95. The minimum absolute atomic E-state index is 0.887. The Labute approximate surface area is 83.8 Å². The van der Waals surface area contributed by atoms with Crippen LogP contribution < -0.4 is 5.73 Å². The molecular formula is C12H14N2. The van der Waals surface area contributed by atoms with Gasteiger partial charge in [-0.15, -0.1) is 0 Å². The smallest absolute Gasteiger partial charge is 0.0722 e. The van der Waals surface area contributed by atoms with Crippen LogP contribution in [-0.4, -0.2) is 4.98 Å². The second-order valence-electron chi connectivity index (χ2n) is 3.46. The van der Waals surface area contributed by atoms with Crippen LogP contribution in [0.2, 0.25) is 0 Å². The normalized spacial score (nSPS) is 10.6. The van der Waals surface area contributed by atoms with Crippen molar-refractivity contribution in [3.63, 3.8) is 0 Å². The molecule has 0 saturated carbocycles. The molecule has 0 radical (unpaired) electrons. The first-order valence-corrected chi connectivity index (χ1v) is 4.95. The summed E-state index contributed by atoms with van der Waals surface area (Å²) in [6.45, 7) is 2.16. The Morgan fingerprint density at radius 3 is 2.93 bits per heavy atom. The van der Waals surface area contributed by atoms with Crippen molar-refractivity contribution >= 4 is 16.6 Å². The number of benzene rings is 1. The zero-order valence-corrected chi connectivity index (χ0v) is 8.33. The molecule has 0 amide bonds. The number of hydrogen-bond donors (Lipinski definition) is 1. The molecule has 2 N–H and O–H groups in total. The number of nitrogens with zero attached hydrogens (tertiary/aromatic N) is 1. The molecule has 0 aliphatic heterocycles. The summed E-state index contributed by atoms with van der Waals surface area (Å²) in [5.74, 6) is 0. The van der Waals surface area contributed by atoms with Crippen molar-refractivity contribution in [2.45, 2.75) is 19.8 Å². The van der Waals surface area contributed by atoms with E-state index in [-0.39, 0.29) is 0 Å². The van der Waals surface area contributed by atoms with Crippen LogP contribution in [0, 0.1) is 0 Å². The molecule has 0 saturated heterocycles. The summed E-state index contributed by atoms with van der Waals surface area (Å²) in [5.41, 5.74) is 9.16. The molecule has 2 heteroatoms. The van der Waals surface area contributed by atoms with Crippen LogP contribution in [0.3, 0.4) is 0 Å². The molecule has 14 heavy (non-hydrogen) atoms. The van der Waals surface area contributed by atoms with Gasteiger partial charge in [-0.25, -0.2) is 0 Å². The van der Waals surface area contributed by atoms with Crippen LogP contribution in [0.25, 0.3) is 10.9 Å². The van der Waals surface area contributed by atoms with Crippen LogP contribution in [0.15, 0.2) is 30.5 Å². The number of aromatic nitrogens is 1. The van der Waals surface area contributed by atoms with Crippen molar-refractivity contribution in [2.75, 3.05) is 5.73 Å². The summed E-state index contributed by atoms with van der Waals surface area (Å²) in [5, 5.41) is 1.07. The fourth-order valence-electron chi connectivity index (χ4n) is 1.71. The second-order valence-corrected chi connectivity index (χ2v) is 3.46. The topological polar surface area (TPSA) is 38.9 Å². The number of hydrogen-bond acceptors (Lipinski definition) is 2. The van der Waals surface area contributed by atoms with Gasteiger partial charge in [0.15, 0.2) is 0 Å². The molecule has 2 rings (SSSR count). The first-order valence-electron chi connectivity index (χ1n) is 4.95. The maximum atomic E-state index is 6.07. The average Bonchev–Trinajstić information content (AvgIpc) is 2.23. The molecule has 0 unspecified atom stereocenters. The molecular weight excluding hydrogens is 172 g/mol. The van der Waals surface area contributed by atoms with Gasteiger partial charge in [0, 0.05) is 17.3 Å². The summed E-state index contributed by atoms with van der Waals surface area (Å²) >= 11 is 0. The molecule has 1 aromatic carbocycles. The van der Waals surface area contributed by atoms with E-state index < -0.39 is 0 Å². The lowest BCUT2D eigenvalue weighted by atomic mass is 10.0. The van der Waals surface area contributed by atoms with Crippen molar-refractivity contribution < 1.29 is 0 Å². The summed E-state index contributed by atoms with van der Waals surface area (Å²) in [4.78, 5) is 4.26. The van der Waals surface area contributed by atoms with E-state index in [9.17, 15) is 0 Å². The van der Waals surface area contributed by atoms with Gasteiger partial charge in [0.25, 0.3) is 0 Å². The number of fused-ring (bicyclic) bond motifs is 1. The van der Waals surface area contributed by atoms with Crippen LogP contribution >= 0.6 is 0 Å². The summed E-state index contributed by atoms with van der Waals surface area (Å²) in [7, 11) is 0. The van der Waals surface area contributed by atoms with Crippen molar-refractivity contribution in [2.24, 2.45) is 0 Å². The zero-order chi connectivity index (χ0) is 9.97. The largest absolute Gasteiger partial charge is 0.398 e. The van der Waals surface area contributed by atoms with Gasteiger partial charge in [-0.2, -0.15) is 0 Å². The van der Waals surface area contributed by atoms with Gasteiger partial charge in [0.1, 0.15) is 0 Å². The van der Waals surface area contributed by atoms with E-state index in [0.29, 0.717) is 0 Å². The van der Waals surface area contributed by atoms with E-state index in [4.69, 9.17) is 5.73 Å². The standard InChI is InChI=1S/C12H14N2/c1-2-4-9-6-7-11-10(12(9)13)5-3-8-14-11/h3,5-8H,2,4,13H2,1H3. The predicted molar refractivity (Wildman–Crippen MR) is 60.2 cm³/mol. The fraction of sp³-hybridized carbons (Fsp3) is 0.250. The molecule has 0 atom stereocenters. The number of nitrogen functional groups attached to an aromatic ring is 1. The number of rotatable bonds is 2. The van der Waals surface area contributed by atoms with Gasteiger partial charge >= 0.3 is 0 Å². The number of aryl methyl sites for hydroxylation is 1. The van der Waals surface area contributed by atoms with E-state index in [0.717, 1.165) is 29.4 Å². The lowest BCUT2D eigenvalue weighted by Gasteiger charge is -2.06. The SMILES string of the molecule is CCCc1ccc2ncccc2c1N. The highest BCUT2D eigenvalue weighted by Crippen LogP contribution is 2.23. The van der Waals surface area contributed by atoms with Crippen molar-refractivity contribution in [3.05, 3.63) is 36.0 Å². The van der Waals surface area contributed by atoms with Crippen molar-refractivity contribution in [3.8, 4) is 0 Å². The molecule has 1 heterocycles. The Bertz CT molecular complexity index is 449. The van der Waals surface area contributed by atoms with Crippen LogP contribution in [0.5, 0.6) is 0 Å². The fourth-order valence-corrected chi connectivity index (χ4v) is 1.71. The first-order chi connectivity index (χ1) is 6.83.